The third kappa shape index (κ3) is 4.78. The van der Waals surface area contributed by atoms with E-state index < -0.39 is 12.0 Å². The molecule has 7 heteroatoms. The van der Waals surface area contributed by atoms with Crippen molar-refractivity contribution in [2.24, 2.45) is 5.92 Å². The zero-order chi connectivity index (χ0) is 24.2. The molecule has 174 valence electrons. The molecule has 1 atom stereocenters. The molecule has 3 aromatic rings. The Kier molecular flexibility index (Phi) is 6.63. The number of fused-ring (bicyclic) bond motifs is 1. The van der Waals surface area contributed by atoms with Crippen LogP contribution in [0.15, 0.2) is 72.8 Å². The van der Waals surface area contributed by atoms with E-state index in [9.17, 15) is 14.4 Å². The van der Waals surface area contributed by atoms with Gasteiger partial charge in [0, 0.05) is 23.5 Å². The molecule has 0 saturated carbocycles. The molecule has 34 heavy (non-hydrogen) atoms. The number of hydrogen-bond donors (Lipinski definition) is 2. The Morgan fingerprint density at radius 3 is 2.12 bits per heavy atom. The highest BCUT2D eigenvalue weighted by Gasteiger charge is 2.38. The van der Waals surface area contributed by atoms with Crippen LogP contribution in [0, 0.1) is 5.92 Å². The highest BCUT2D eigenvalue weighted by molar-refractivity contribution is 6.01. The van der Waals surface area contributed by atoms with E-state index in [2.05, 4.69) is 10.6 Å². The SMILES string of the molecule is COC(=O)[C@H](C(C)C)N1Cc2cc(-c3ccc(NC(=O)Nc4ccccc4)cc3)ccc2C1=O. The summed E-state index contributed by atoms with van der Waals surface area (Å²) in [6, 6.07) is 21.5. The lowest BCUT2D eigenvalue weighted by Crippen LogP contribution is -2.45. The van der Waals surface area contributed by atoms with E-state index in [0.29, 0.717) is 23.5 Å². The van der Waals surface area contributed by atoms with Gasteiger partial charge in [-0.3, -0.25) is 4.79 Å². The maximum atomic E-state index is 13.0. The number of nitrogens with one attached hydrogen (secondary N) is 2. The topological polar surface area (TPSA) is 87.7 Å². The number of anilines is 2. The van der Waals surface area contributed by atoms with Crippen molar-refractivity contribution >= 4 is 29.3 Å². The van der Waals surface area contributed by atoms with Crippen molar-refractivity contribution in [2.45, 2.75) is 26.4 Å². The van der Waals surface area contributed by atoms with Gasteiger partial charge in [0.15, 0.2) is 0 Å². The van der Waals surface area contributed by atoms with E-state index in [1.807, 2.05) is 80.6 Å². The number of amides is 3. The fraction of sp³-hybridized carbons (Fsp3) is 0.222. The van der Waals surface area contributed by atoms with Crippen molar-refractivity contribution in [1.82, 2.24) is 4.90 Å². The standard InChI is InChI=1S/C27H27N3O4/c1-17(2)24(26(32)34-3)30-16-20-15-19(11-14-23(20)25(30)31)18-9-12-22(13-10-18)29-27(33)28-21-7-5-4-6-8-21/h4-15,17,24H,16H2,1-3H3,(H2,28,29,33)/t24-/m0/s1. The molecule has 1 aliphatic heterocycles. The lowest BCUT2D eigenvalue weighted by molar-refractivity contribution is -0.147. The summed E-state index contributed by atoms with van der Waals surface area (Å²) in [5.41, 5.74) is 4.77. The number of ether oxygens (including phenoxy) is 1. The predicted molar refractivity (Wildman–Crippen MR) is 131 cm³/mol. The quantitative estimate of drug-likeness (QED) is 0.501. The second kappa shape index (κ2) is 9.79. The van der Waals surface area contributed by atoms with Crippen LogP contribution in [0.3, 0.4) is 0 Å². The highest BCUT2D eigenvalue weighted by Crippen LogP contribution is 2.32. The van der Waals surface area contributed by atoms with Crippen molar-refractivity contribution in [2.75, 3.05) is 17.7 Å². The largest absolute Gasteiger partial charge is 0.467 e. The third-order valence-electron chi connectivity index (χ3n) is 5.85. The van der Waals surface area contributed by atoms with Crippen molar-refractivity contribution in [3.8, 4) is 11.1 Å². The second-order valence-corrected chi connectivity index (χ2v) is 8.54. The van der Waals surface area contributed by atoms with E-state index in [1.165, 1.54) is 7.11 Å². The van der Waals surface area contributed by atoms with Crippen molar-refractivity contribution in [1.29, 1.82) is 0 Å². The maximum absolute atomic E-state index is 13.0. The van der Waals surface area contributed by atoms with E-state index in [-0.39, 0.29) is 17.9 Å². The fourth-order valence-electron chi connectivity index (χ4n) is 4.19. The number of esters is 1. The van der Waals surface area contributed by atoms with Crippen LogP contribution in [-0.2, 0) is 16.1 Å². The van der Waals surface area contributed by atoms with Gasteiger partial charge in [-0.1, -0.05) is 50.2 Å². The Morgan fingerprint density at radius 2 is 1.50 bits per heavy atom. The van der Waals surface area contributed by atoms with Gasteiger partial charge in [-0.05, 0) is 59.0 Å². The third-order valence-corrected chi connectivity index (χ3v) is 5.85. The zero-order valence-electron chi connectivity index (χ0n) is 19.4. The Bertz CT molecular complexity index is 1210. The molecule has 0 saturated heterocycles. The number of carbonyl (C=O) groups excluding carboxylic acids is 3. The molecule has 0 spiro atoms. The molecule has 1 heterocycles. The summed E-state index contributed by atoms with van der Waals surface area (Å²) in [5.74, 6) is -0.630. The number of methoxy groups -OCH3 is 1. The van der Waals surface area contributed by atoms with Crippen LogP contribution in [0.5, 0.6) is 0 Å². The molecule has 0 radical (unpaired) electrons. The number of benzene rings is 3. The van der Waals surface area contributed by atoms with Gasteiger partial charge in [0.1, 0.15) is 6.04 Å². The summed E-state index contributed by atoms with van der Waals surface area (Å²) in [6.07, 6.45) is 0. The average Bonchev–Trinajstić information content (AvgIpc) is 3.15. The van der Waals surface area contributed by atoms with Crippen LogP contribution in [0.2, 0.25) is 0 Å². The lowest BCUT2D eigenvalue weighted by atomic mass is 10.0. The molecule has 0 aromatic heterocycles. The van der Waals surface area contributed by atoms with E-state index >= 15 is 0 Å². The zero-order valence-corrected chi connectivity index (χ0v) is 19.4. The summed E-state index contributed by atoms with van der Waals surface area (Å²) in [7, 11) is 1.34. The smallest absolute Gasteiger partial charge is 0.328 e. The van der Waals surface area contributed by atoms with Crippen molar-refractivity contribution in [3.05, 3.63) is 83.9 Å². The second-order valence-electron chi connectivity index (χ2n) is 8.54. The molecule has 4 rings (SSSR count). The molecular weight excluding hydrogens is 430 g/mol. The maximum Gasteiger partial charge on any atom is 0.328 e. The van der Waals surface area contributed by atoms with Crippen LogP contribution in [0.25, 0.3) is 11.1 Å². The number of carbonyl (C=O) groups is 3. The van der Waals surface area contributed by atoms with Crippen LogP contribution < -0.4 is 10.6 Å². The number of urea groups is 1. The molecule has 1 aliphatic rings. The van der Waals surface area contributed by atoms with E-state index in [1.54, 1.807) is 11.0 Å². The van der Waals surface area contributed by atoms with Gasteiger partial charge < -0.3 is 20.3 Å². The molecule has 0 fully saturated rings. The summed E-state index contributed by atoms with van der Waals surface area (Å²) >= 11 is 0. The Labute approximate surface area is 198 Å². The van der Waals surface area contributed by atoms with Crippen LogP contribution in [0.4, 0.5) is 16.2 Å². The Hall–Kier alpha value is -4.13. The molecule has 0 bridgehead atoms. The van der Waals surface area contributed by atoms with Crippen molar-refractivity contribution < 1.29 is 19.1 Å². The number of nitrogens with zero attached hydrogens (tertiary/aromatic N) is 1. The van der Waals surface area contributed by atoms with E-state index in [0.717, 1.165) is 16.7 Å². The Morgan fingerprint density at radius 1 is 0.882 bits per heavy atom. The van der Waals surface area contributed by atoms with Crippen LogP contribution in [-0.4, -0.2) is 36.0 Å². The highest BCUT2D eigenvalue weighted by atomic mass is 16.5. The van der Waals surface area contributed by atoms with Gasteiger partial charge in [0.2, 0.25) is 0 Å². The molecule has 0 unspecified atom stereocenters. The molecule has 3 amide bonds. The lowest BCUT2D eigenvalue weighted by Gasteiger charge is -2.28. The van der Waals surface area contributed by atoms with Gasteiger partial charge in [0.25, 0.3) is 5.91 Å². The molecule has 7 nitrogen and oxygen atoms in total. The monoisotopic (exact) mass is 457 g/mol. The summed E-state index contributed by atoms with van der Waals surface area (Å²) in [4.78, 5) is 39.0. The summed E-state index contributed by atoms with van der Waals surface area (Å²) in [6.45, 7) is 4.16. The molecule has 3 aromatic carbocycles. The minimum atomic E-state index is -0.624. The van der Waals surface area contributed by atoms with Gasteiger partial charge >= 0.3 is 12.0 Å². The Balaban J connectivity index is 1.47. The normalized spacial score (nSPS) is 13.4. The fourth-order valence-corrected chi connectivity index (χ4v) is 4.19. The molecular formula is C27H27N3O4. The van der Waals surface area contributed by atoms with Crippen LogP contribution in [0.1, 0.15) is 29.8 Å². The van der Waals surface area contributed by atoms with Gasteiger partial charge in [-0.2, -0.15) is 0 Å². The number of hydrogen-bond acceptors (Lipinski definition) is 4. The number of para-hydroxylation sites is 1. The van der Waals surface area contributed by atoms with E-state index in [4.69, 9.17) is 4.74 Å². The van der Waals surface area contributed by atoms with Gasteiger partial charge in [-0.25, -0.2) is 9.59 Å². The van der Waals surface area contributed by atoms with Crippen molar-refractivity contribution in [3.63, 3.8) is 0 Å². The first-order valence-corrected chi connectivity index (χ1v) is 11.1. The first-order chi connectivity index (χ1) is 16.4. The minimum absolute atomic E-state index is 0.0654. The number of rotatable bonds is 6. The summed E-state index contributed by atoms with van der Waals surface area (Å²) in [5, 5.41) is 5.60. The first-order valence-electron chi connectivity index (χ1n) is 11.1. The van der Waals surface area contributed by atoms with Crippen LogP contribution >= 0.6 is 0 Å². The first kappa shape index (κ1) is 23.0. The molecule has 2 N–H and O–H groups in total. The average molecular weight is 458 g/mol. The van der Waals surface area contributed by atoms with Gasteiger partial charge in [-0.15, -0.1) is 0 Å². The predicted octanol–water partition coefficient (Wildman–Crippen LogP) is 5.15. The minimum Gasteiger partial charge on any atom is -0.467 e. The summed E-state index contributed by atoms with van der Waals surface area (Å²) < 4.78 is 4.93. The molecule has 0 aliphatic carbocycles. The van der Waals surface area contributed by atoms with Gasteiger partial charge in [0.05, 0.1) is 7.11 Å².